The number of nitrogens with zero attached hydrogens (tertiary/aromatic N) is 1. The first-order chi connectivity index (χ1) is 5.34. The zero-order valence-corrected chi connectivity index (χ0v) is 6.92. The van der Waals surface area contributed by atoms with Crippen LogP contribution in [-0.2, 0) is 0 Å². The molecule has 1 saturated heterocycles. The van der Waals surface area contributed by atoms with Gasteiger partial charge in [-0.25, -0.2) is 0 Å². The summed E-state index contributed by atoms with van der Waals surface area (Å²) < 4.78 is 0. The second-order valence-electron chi connectivity index (χ2n) is 3.71. The summed E-state index contributed by atoms with van der Waals surface area (Å²) >= 11 is 0. The minimum Gasteiger partial charge on any atom is -0.325 e. The predicted octanol–water partition coefficient (Wildman–Crippen LogP) is 0.740. The molecule has 62 valence electrons. The van der Waals surface area contributed by atoms with Gasteiger partial charge in [-0.05, 0) is 19.3 Å². The van der Waals surface area contributed by atoms with E-state index in [-0.39, 0.29) is 0 Å². The van der Waals surface area contributed by atoms with E-state index in [1.807, 2.05) is 0 Å². The van der Waals surface area contributed by atoms with Crippen LogP contribution in [0.1, 0.15) is 19.3 Å². The van der Waals surface area contributed by atoms with E-state index in [0.29, 0.717) is 6.04 Å². The van der Waals surface area contributed by atoms with Crippen LogP contribution in [0.5, 0.6) is 0 Å². The summed E-state index contributed by atoms with van der Waals surface area (Å²) in [5.74, 6) is 0. The number of hydrogen-bond acceptors (Lipinski definition) is 2. The molecule has 1 fully saturated rings. The van der Waals surface area contributed by atoms with Crippen molar-refractivity contribution in [3.05, 3.63) is 11.6 Å². The molecule has 0 bridgehead atoms. The molecule has 2 aliphatic rings. The van der Waals surface area contributed by atoms with E-state index in [1.165, 1.54) is 25.8 Å². The van der Waals surface area contributed by atoms with Crippen LogP contribution >= 0.6 is 0 Å². The van der Waals surface area contributed by atoms with Gasteiger partial charge in [0.1, 0.15) is 0 Å². The third-order valence-electron chi connectivity index (χ3n) is 2.55. The SMILES string of the molecule is NC1CN(CC2=CCCC2)C1. The van der Waals surface area contributed by atoms with Gasteiger partial charge >= 0.3 is 0 Å². The zero-order valence-electron chi connectivity index (χ0n) is 6.92. The number of hydrogen-bond donors (Lipinski definition) is 1. The van der Waals surface area contributed by atoms with Crippen LogP contribution in [0.3, 0.4) is 0 Å². The number of likely N-dealkylation sites (tertiary alicyclic amines) is 1. The van der Waals surface area contributed by atoms with E-state index in [1.54, 1.807) is 5.57 Å². The molecule has 0 atom stereocenters. The highest BCUT2D eigenvalue weighted by Gasteiger charge is 2.23. The van der Waals surface area contributed by atoms with Gasteiger partial charge in [0, 0.05) is 25.7 Å². The lowest BCUT2D eigenvalue weighted by atomic mass is 10.1. The van der Waals surface area contributed by atoms with E-state index in [0.717, 1.165) is 13.1 Å². The lowest BCUT2D eigenvalue weighted by Crippen LogP contribution is -2.55. The molecule has 0 aromatic carbocycles. The Balaban J connectivity index is 1.74. The molecule has 2 N–H and O–H groups in total. The minimum atomic E-state index is 0.456. The van der Waals surface area contributed by atoms with E-state index in [2.05, 4.69) is 11.0 Å². The van der Waals surface area contributed by atoms with E-state index in [9.17, 15) is 0 Å². The molecule has 2 nitrogen and oxygen atoms in total. The lowest BCUT2D eigenvalue weighted by Gasteiger charge is -2.37. The maximum absolute atomic E-state index is 5.68. The van der Waals surface area contributed by atoms with Gasteiger partial charge in [0.15, 0.2) is 0 Å². The van der Waals surface area contributed by atoms with E-state index in [4.69, 9.17) is 5.73 Å². The Kier molecular flexibility index (Phi) is 1.96. The van der Waals surface area contributed by atoms with Crippen molar-refractivity contribution in [3.8, 4) is 0 Å². The maximum atomic E-state index is 5.68. The van der Waals surface area contributed by atoms with Crippen LogP contribution in [0.4, 0.5) is 0 Å². The van der Waals surface area contributed by atoms with Gasteiger partial charge in [-0.2, -0.15) is 0 Å². The van der Waals surface area contributed by atoms with Crippen molar-refractivity contribution in [2.75, 3.05) is 19.6 Å². The largest absolute Gasteiger partial charge is 0.325 e. The molecule has 0 aromatic heterocycles. The molecule has 0 aromatic rings. The van der Waals surface area contributed by atoms with Gasteiger partial charge in [-0.15, -0.1) is 0 Å². The first-order valence-electron chi connectivity index (χ1n) is 4.50. The first kappa shape index (κ1) is 7.32. The summed E-state index contributed by atoms with van der Waals surface area (Å²) in [6, 6.07) is 0.456. The van der Waals surface area contributed by atoms with Gasteiger partial charge in [0.05, 0.1) is 0 Å². The highest BCUT2D eigenvalue weighted by Crippen LogP contribution is 2.20. The molecule has 0 radical (unpaired) electrons. The minimum absolute atomic E-state index is 0.456. The Bertz CT molecular complexity index is 168. The maximum Gasteiger partial charge on any atom is 0.0297 e. The monoisotopic (exact) mass is 152 g/mol. The molecule has 1 aliphatic heterocycles. The molecular weight excluding hydrogens is 136 g/mol. The van der Waals surface area contributed by atoms with Crippen molar-refractivity contribution in [2.45, 2.75) is 25.3 Å². The van der Waals surface area contributed by atoms with Gasteiger partial charge in [-0.3, -0.25) is 4.90 Å². The Morgan fingerprint density at radius 2 is 2.36 bits per heavy atom. The van der Waals surface area contributed by atoms with Crippen molar-refractivity contribution in [1.29, 1.82) is 0 Å². The molecule has 1 aliphatic carbocycles. The fourth-order valence-electron chi connectivity index (χ4n) is 1.91. The Labute approximate surface area is 68.1 Å². The van der Waals surface area contributed by atoms with Crippen LogP contribution in [0.15, 0.2) is 11.6 Å². The van der Waals surface area contributed by atoms with Crippen LogP contribution in [-0.4, -0.2) is 30.6 Å². The molecule has 11 heavy (non-hydrogen) atoms. The summed E-state index contributed by atoms with van der Waals surface area (Å²) in [7, 11) is 0. The van der Waals surface area contributed by atoms with Crippen LogP contribution in [0.25, 0.3) is 0 Å². The number of nitrogens with two attached hydrogens (primary N) is 1. The average molecular weight is 152 g/mol. The summed E-state index contributed by atoms with van der Waals surface area (Å²) in [4.78, 5) is 2.43. The van der Waals surface area contributed by atoms with Crippen molar-refractivity contribution in [2.24, 2.45) is 5.73 Å². The van der Waals surface area contributed by atoms with Gasteiger partial charge in [-0.1, -0.05) is 11.6 Å². The second kappa shape index (κ2) is 2.95. The second-order valence-corrected chi connectivity index (χ2v) is 3.71. The Hall–Kier alpha value is -0.340. The summed E-state index contributed by atoms with van der Waals surface area (Å²) in [6.07, 6.45) is 6.39. The van der Waals surface area contributed by atoms with E-state index < -0.39 is 0 Å². The van der Waals surface area contributed by atoms with Crippen molar-refractivity contribution in [3.63, 3.8) is 0 Å². The fourth-order valence-corrected chi connectivity index (χ4v) is 1.91. The standard InChI is InChI=1S/C9H16N2/c10-9-6-11(7-9)5-8-3-1-2-4-8/h3,9H,1-2,4-7,10H2. The lowest BCUT2D eigenvalue weighted by molar-refractivity contribution is 0.165. The van der Waals surface area contributed by atoms with Crippen molar-refractivity contribution in [1.82, 2.24) is 4.90 Å². The highest BCUT2D eigenvalue weighted by molar-refractivity contribution is 5.10. The number of allylic oxidation sites excluding steroid dienone is 1. The Morgan fingerprint density at radius 3 is 2.91 bits per heavy atom. The van der Waals surface area contributed by atoms with E-state index >= 15 is 0 Å². The number of rotatable bonds is 2. The molecule has 2 heteroatoms. The Morgan fingerprint density at radius 1 is 1.55 bits per heavy atom. The van der Waals surface area contributed by atoms with Crippen LogP contribution in [0, 0.1) is 0 Å². The molecule has 2 rings (SSSR count). The van der Waals surface area contributed by atoms with Crippen molar-refractivity contribution < 1.29 is 0 Å². The van der Waals surface area contributed by atoms with Gasteiger partial charge in [0.2, 0.25) is 0 Å². The molecular formula is C9H16N2. The van der Waals surface area contributed by atoms with Gasteiger partial charge in [0.25, 0.3) is 0 Å². The summed E-state index contributed by atoms with van der Waals surface area (Å²) in [5, 5.41) is 0. The molecule has 0 unspecified atom stereocenters. The normalized spacial score (nSPS) is 26.8. The molecule has 1 heterocycles. The third kappa shape index (κ3) is 1.63. The topological polar surface area (TPSA) is 29.3 Å². The zero-order chi connectivity index (χ0) is 7.68. The summed E-state index contributed by atoms with van der Waals surface area (Å²) in [5.41, 5.74) is 7.32. The average Bonchev–Trinajstić information content (AvgIpc) is 2.36. The van der Waals surface area contributed by atoms with Gasteiger partial charge < -0.3 is 5.73 Å². The molecule has 0 saturated carbocycles. The smallest absolute Gasteiger partial charge is 0.0297 e. The highest BCUT2D eigenvalue weighted by atomic mass is 15.2. The fraction of sp³-hybridized carbons (Fsp3) is 0.778. The van der Waals surface area contributed by atoms with Crippen LogP contribution in [0.2, 0.25) is 0 Å². The predicted molar refractivity (Wildman–Crippen MR) is 46.3 cm³/mol. The van der Waals surface area contributed by atoms with Crippen molar-refractivity contribution >= 4 is 0 Å². The summed E-state index contributed by atoms with van der Waals surface area (Å²) in [6.45, 7) is 3.41. The quantitative estimate of drug-likeness (QED) is 0.591. The third-order valence-corrected chi connectivity index (χ3v) is 2.55. The molecule has 0 amide bonds. The molecule has 0 spiro atoms. The van der Waals surface area contributed by atoms with Crippen LogP contribution < -0.4 is 5.73 Å². The first-order valence-corrected chi connectivity index (χ1v) is 4.50.